The van der Waals surface area contributed by atoms with Crippen molar-refractivity contribution in [1.82, 2.24) is 0 Å². The zero-order valence-electron chi connectivity index (χ0n) is 29.8. The Kier molecular flexibility index (Phi) is 7.82. The highest BCUT2D eigenvalue weighted by molar-refractivity contribution is 5.94. The summed E-state index contributed by atoms with van der Waals surface area (Å²) in [6, 6.07) is 34.9. The summed E-state index contributed by atoms with van der Waals surface area (Å²) in [6.07, 6.45) is 6.10. The van der Waals surface area contributed by atoms with Crippen LogP contribution in [0.5, 0.6) is 23.0 Å². The molecule has 0 radical (unpaired) electrons. The van der Waals surface area contributed by atoms with Gasteiger partial charge in [-0.05, 0) is 158 Å². The maximum absolute atomic E-state index is 14.1. The summed E-state index contributed by atoms with van der Waals surface area (Å²) < 4.78 is 13.3. The lowest BCUT2D eigenvalue weighted by Gasteiger charge is -2.47. The Morgan fingerprint density at radius 2 is 0.704 bits per heavy atom. The highest BCUT2D eigenvalue weighted by atomic mass is 16.6. The first-order valence-electron chi connectivity index (χ1n) is 18.8. The van der Waals surface area contributed by atoms with Crippen LogP contribution < -0.4 is 0 Å². The van der Waals surface area contributed by atoms with Crippen molar-refractivity contribution in [2.75, 3.05) is 0 Å². The van der Waals surface area contributed by atoms with Crippen LogP contribution in [0.2, 0.25) is 0 Å². The van der Waals surface area contributed by atoms with Crippen LogP contribution >= 0.6 is 0 Å². The number of benzene rings is 5. The molecule has 0 spiro atoms. The fourth-order valence-corrected chi connectivity index (χ4v) is 11.0. The summed E-state index contributed by atoms with van der Waals surface area (Å²) in [5, 5.41) is 40.5. The highest BCUT2D eigenvalue weighted by Crippen LogP contribution is 2.66. The molecule has 0 heterocycles. The van der Waals surface area contributed by atoms with E-state index in [1.165, 1.54) is 0 Å². The molecule has 4 saturated carbocycles. The molecule has 4 atom stereocenters. The maximum Gasteiger partial charge on any atom is 0.338 e. The van der Waals surface area contributed by atoms with E-state index in [4.69, 9.17) is 9.47 Å². The van der Waals surface area contributed by atoms with E-state index in [0.29, 0.717) is 48.6 Å². The monoisotopic (exact) mass is 722 g/mol. The van der Waals surface area contributed by atoms with Crippen LogP contribution in [0.1, 0.15) is 94.3 Å². The van der Waals surface area contributed by atoms with Crippen molar-refractivity contribution in [3.8, 4) is 23.0 Å². The number of carbonyl (C=O) groups excluding carboxylic acids is 2. The minimum atomic E-state index is -0.854. The van der Waals surface area contributed by atoms with Crippen LogP contribution in [0.15, 0.2) is 121 Å². The molecule has 5 aromatic carbocycles. The van der Waals surface area contributed by atoms with Crippen LogP contribution in [-0.4, -0.2) is 43.6 Å². The van der Waals surface area contributed by atoms with E-state index in [9.17, 15) is 30.0 Å². The van der Waals surface area contributed by atoms with E-state index in [1.54, 1.807) is 72.8 Å². The molecule has 0 saturated heterocycles. The van der Waals surface area contributed by atoms with Crippen LogP contribution in [-0.2, 0) is 20.3 Å². The molecule has 4 fully saturated rings. The number of carbonyl (C=O) groups is 2. The molecule has 8 nitrogen and oxygen atoms in total. The molecule has 4 unspecified atom stereocenters. The third-order valence-corrected chi connectivity index (χ3v) is 13.3. The first-order chi connectivity index (χ1) is 26.0. The Morgan fingerprint density at radius 1 is 0.426 bits per heavy atom. The number of fused-ring (bicyclic) bond motifs is 4. The second-order valence-electron chi connectivity index (χ2n) is 16.0. The molecule has 4 bridgehead atoms. The molecular weight excluding hydrogens is 680 g/mol. The Hall–Kier alpha value is -5.76. The molecule has 54 heavy (non-hydrogen) atoms. The predicted molar refractivity (Wildman–Crippen MR) is 201 cm³/mol. The molecule has 0 aromatic heterocycles. The highest BCUT2D eigenvalue weighted by Gasteiger charge is 2.67. The number of ether oxygens (including phenoxy) is 2. The van der Waals surface area contributed by atoms with Crippen molar-refractivity contribution in [1.29, 1.82) is 0 Å². The van der Waals surface area contributed by atoms with Crippen LogP contribution in [0.3, 0.4) is 0 Å². The van der Waals surface area contributed by atoms with E-state index in [0.717, 1.165) is 47.9 Å². The Labute approximate surface area is 313 Å². The summed E-state index contributed by atoms with van der Waals surface area (Å²) in [7, 11) is 0. The summed E-state index contributed by atoms with van der Waals surface area (Å²) >= 11 is 0. The van der Waals surface area contributed by atoms with Crippen molar-refractivity contribution in [3.05, 3.63) is 155 Å². The van der Waals surface area contributed by atoms with Crippen LogP contribution in [0.4, 0.5) is 0 Å². The predicted octanol–water partition coefficient (Wildman–Crippen LogP) is 8.68. The third-order valence-electron chi connectivity index (χ3n) is 13.3. The zero-order valence-corrected chi connectivity index (χ0v) is 29.8. The summed E-state index contributed by atoms with van der Waals surface area (Å²) in [5.74, 6) is 0.310. The standard InChI is InChI=1S/C46H42O8/c47-37-13-5-33(6-14-37)45(34-7-15-38(48)16-8-34)27-29-21-23-43(45,25-29)53-41(51)31-1-2-32(4-3-31)42(52)54-44-24-22-30(26-44)28-46(44,35-9-17-39(49)18-10-35)36-11-19-40(50)20-12-36/h1-20,29-30,47-50H,21-28H2. The van der Waals surface area contributed by atoms with Gasteiger partial charge in [0.05, 0.1) is 22.0 Å². The molecule has 5 aromatic rings. The lowest BCUT2D eigenvalue weighted by atomic mass is 9.61. The van der Waals surface area contributed by atoms with Gasteiger partial charge in [-0.2, -0.15) is 0 Å². The number of esters is 2. The van der Waals surface area contributed by atoms with E-state index in [2.05, 4.69) is 0 Å². The van der Waals surface area contributed by atoms with E-state index in [1.807, 2.05) is 48.5 Å². The Balaban J connectivity index is 1.01. The average Bonchev–Trinajstić information content (AvgIpc) is 3.94. The molecule has 4 aliphatic rings. The minimum Gasteiger partial charge on any atom is -0.508 e. The van der Waals surface area contributed by atoms with Gasteiger partial charge in [0, 0.05) is 0 Å². The Morgan fingerprint density at radius 3 is 0.963 bits per heavy atom. The van der Waals surface area contributed by atoms with Crippen LogP contribution in [0.25, 0.3) is 0 Å². The number of phenols is 4. The average molecular weight is 723 g/mol. The molecule has 4 N–H and O–H groups in total. The van der Waals surface area contributed by atoms with Crippen molar-refractivity contribution >= 4 is 11.9 Å². The number of rotatable bonds is 8. The van der Waals surface area contributed by atoms with Gasteiger partial charge >= 0.3 is 11.9 Å². The first kappa shape index (κ1) is 34.0. The van der Waals surface area contributed by atoms with Gasteiger partial charge in [0.15, 0.2) is 0 Å². The molecule has 274 valence electrons. The fraction of sp³-hybridized carbons (Fsp3) is 0.304. The van der Waals surface area contributed by atoms with E-state index >= 15 is 0 Å². The van der Waals surface area contributed by atoms with E-state index in [-0.39, 0.29) is 23.0 Å². The molecule has 8 heteroatoms. The molecule has 0 aliphatic heterocycles. The van der Waals surface area contributed by atoms with Crippen molar-refractivity contribution in [2.24, 2.45) is 11.8 Å². The lowest BCUT2D eigenvalue weighted by molar-refractivity contribution is -0.0433. The van der Waals surface area contributed by atoms with Gasteiger partial charge in [-0.15, -0.1) is 0 Å². The molecule has 4 aliphatic carbocycles. The van der Waals surface area contributed by atoms with Gasteiger partial charge in [-0.1, -0.05) is 48.5 Å². The molecule has 9 rings (SSSR count). The van der Waals surface area contributed by atoms with Gasteiger partial charge < -0.3 is 29.9 Å². The summed E-state index contributed by atoms with van der Waals surface area (Å²) in [6.45, 7) is 0. The number of hydrogen-bond donors (Lipinski definition) is 4. The second kappa shape index (κ2) is 12.4. The SMILES string of the molecule is O=C(OC12CCC(C1)CC2(c1ccc(O)cc1)c1ccc(O)cc1)c1ccc(C(=O)OC23CCC(C2)CC3(c2ccc(O)cc2)c2ccc(O)cc2)cc1. The zero-order chi connectivity index (χ0) is 37.3. The molecular formula is C46H42O8. The maximum atomic E-state index is 14.1. The van der Waals surface area contributed by atoms with Gasteiger partial charge in [-0.25, -0.2) is 9.59 Å². The first-order valence-corrected chi connectivity index (χ1v) is 18.8. The van der Waals surface area contributed by atoms with Crippen molar-refractivity contribution in [2.45, 2.75) is 73.4 Å². The number of phenolic OH excluding ortho intramolecular Hbond substituents is 4. The third kappa shape index (κ3) is 5.10. The number of hydrogen-bond acceptors (Lipinski definition) is 8. The van der Waals surface area contributed by atoms with Crippen molar-refractivity contribution < 1.29 is 39.5 Å². The fourth-order valence-electron chi connectivity index (χ4n) is 11.0. The van der Waals surface area contributed by atoms with Crippen molar-refractivity contribution in [3.63, 3.8) is 0 Å². The van der Waals surface area contributed by atoms with Crippen LogP contribution in [0, 0.1) is 11.8 Å². The minimum absolute atomic E-state index is 0.152. The van der Waals surface area contributed by atoms with Gasteiger partial charge in [0.1, 0.15) is 34.2 Å². The summed E-state index contributed by atoms with van der Waals surface area (Å²) in [4.78, 5) is 28.2. The summed E-state index contributed by atoms with van der Waals surface area (Å²) in [5.41, 5.74) is 1.33. The van der Waals surface area contributed by atoms with Gasteiger partial charge in [0.2, 0.25) is 0 Å². The quantitative estimate of drug-likeness (QED) is 0.117. The largest absolute Gasteiger partial charge is 0.508 e. The Bertz CT molecular complexity index is 1960. The number of aromatic hydroxyl groups is 4. The lowest BCUT2D eigenvalue weighted by Crippen LogP contribution is -2.51. The van der Waals surface area contributed by atoms with Gasteiger partial charge in [-0.3, -0.25) is 0 Å². The second-order valence-corrected chi connectivity index (χ2v) is 16.0. The van der Waals surface area contributed by atoms with E-state index < -0.39 is 34.0 Å². The topological polar surface area (TPSA) is 134 Å². The smallest absolute Gasteiger partial charge is 0.338 e. The molecule has 0 amide bonds. The van der Waals surface area contributed by atoms with Gasteiger partial charge in [0.25, 0.3) is 0 Å². The normalized spacial score (nSPS) is 25.7.